The minimum Gasteiger partial charge on any atom is -0.507 e. The molecule has 0 radical (unpaired) electrons. The first-order valence-electron chi connectivity index (χ1n) is 4.42. The van der Waals surface area contributed by atoms with Gasteiger partial charge in [-0.2, -0.15) is 0 Å². The maximum Gasteiger partial charge on any atom is 0.252 e. The quantitative estimate of drug-likeness (QED) is 0.772. The summed E-state index contributed by atoms with van der Waals surface area (Å²) in [7, 11) is 0. The van der Waals surface area contributed by atoms with E-state index in [1.807, 2.05) is 0 Å². The van der Waals surface area contributed by atoms with E-state index in [2.05, 4.69) is 4.98 Å². The summed E-state index contributed by atoms with van der Waals surface area (Å²) in [6.45, 7) is 0. The van der Waals surface area contributed by atoms with Crippen molar-refractivity contribution < 1.29 is 9.90 Å². The summed E-state index contributed by atoms with van der Waals surface area (Å²) in [5, 5.41) is 11.6. The van der Waals surface area contributed by atoms with Gasteiger partial charge >= 0.3 is 0 Å². The molecule has 17 heavy (non-hydrogen) atoms. The number of carbonyl (C=O) groups is 1. The summed E-state index contributed by atoms with van der Waals surface area (Å²) in [6, 6.07) is 4.55. The molecule has 0 saturated carbocycles. The smallest absolute Gasteiger partial charge is 0.252 e. The number of primary amides is 1. The van der Waals surface area contributed by atoms with E-state index in [-0.39, 0.29) is 23.7 Å². The first kappa shape index (κ1) is 13.3. The van der Waals surface area contributed by atoms with Crippen molar-refractivity contribution in [2.75, 3.05) is 5.73 Å². The van der Waals surface area contributed by atoms with Crippen molar-refractivity contribution >= 4 is 34.8 Å². The molecule has 0 aliphatic heterocycles. The highest BCUT2D eigenvalue weighted by molar-refractivity contribution is 7.13. The summed E-state index contributed by atoms with van der Waals surface area (Å²) in [5.74, 6) is -0.818. The number of thiazole rings is 1. The summed E-state index contributed by atoms with van der Waals surface area (Å²) in [5.41, 5.74) is 12.1. The van der Waals surface area contributed by atoms with E-state index in [1.165, 1.54) is 23.5 Å². The number of hydrogen-bond acceptors (Lipinski definition) is 5. The fourth-order valence-electron chi connectivity index (χ4n) is 1.31. The highest BCUT2D eigenvalue weighted by atomic mass is 35.5. The third-order valence-corrected chi connectivity index (χ3v) is 2.75. The molecule has 2 rings (SSSR count). The van der Waals surface area contributed by atoms with Crippen LogP contribution < -0.4 is 11.5 Å². The van der Waals surface area contributed by atoms with Gasteiger partial charge < -0.3 is 16.6 Å². The van der Waals surface area contributed by atoms with Crippen molar-refractivity contribution in [3.05, 3.63) is 29.1 Å². The summed E-state index contributed by atoms with van der Waals surface area (Å²) in [6.07, 6.45) is 0. The number of aromatic nitrogens is 1. The fourth-order valence-corrected chi connectivity index (χ4v) is 1.89. The predicted octanol–water partition coefficient (Wildman–Crippen LogP) is 1.62. The molecule has 5 N–H and O–H groups in total. The minimum absolute atomic E-state index is 0. The van der Waals surface area contributed by atoms with E-state index in [4.69, 9.17) is 11.5 Å². The topological polar surface area (TPSA) is 102 Å². The lowest BCUT2D eigenvalue weighted by atomic mass is 10.1. The van der Waals surface area contributed by atoms with E-state index in [0.29, 0.717) is 16.4 Å². The Balaban J connectivity index is 0.00000144. The Bertz CT molecular complexity index is 556. The average molecular weight is 272 g/mol. The molecule has 0 saturated heterocycles. The molecular weight excluding hydrogens is 262 g/mol. The Morgan fingerprint density at radius 3 is 2.65 bits per heavy atom. The third kappa shape index (κ3) is 2.66. The zero-order chi connectivity index (χ0) is 11.7. The van der Waals surface area contributed by atoms with Gasteiger partial charge in [-0.05, 0) is 18.2 Å². The zero-order valence-corrected chi connectivity index (χ0v) is 10.2. The Hall–Kier alpha value is -1.79. The first-order valence-corrected chi connectivity index (χ1v) is 5.30. The number of nitrogens with two attached hydrogens (primary N) is 2. The molecule has 0 aliphatic rings. The number of rotatable bonds is 2. The highest BCUT2D eigenvalue weighted by Crippen LogP contribution is 2.27. The second-order valence-corrected chi connectivity index (χ2v) is 4.06. The fraction of sp³-hybridized carbons (Fsp3) is 0. The molecule has 2 aromatic rings. The molecule has 1 aromatic carbocycles. The van der Waals surface area contributed by atoms with Gasteiger partial charge in [0.25, 0.3) is 5.91 Å². The van der Waals surface area contributed by atoms with Crippen LogP contribution in [0.2, 0.25) is 0 Å². The normalized spacial score (nSPS) is 9.65. The van der Waals surface area contributed by atoms with Crippen LogP contribution in [0.25, 0.3) is 11.3 Å². The van der Waals surface area contributed by atoms with Crippen molar-refractivity contribution in [1.29, 1.82) is 0 Å². The summed E-state index contributed by atoms with van der Waals surface area (Å²) < 4.78 is 0. The molecule has 5 nitrogen and oxygen atoms in total. The Morgan fingerprint density at radius 1 is 1.41 bits per heavy atom. The van der Waals surface area contributed by atoms with Gasteiger partial charge in [-0.15, -0.1) is 23.7 Å². The van der Waals surface area contributed by atoms with Crippen LogP contribution in [0.3, 0.4) is 0 Å². The molecule has 0 atom stereocenters. The number of nitrogens with zero attached hydrogens (tertiary/aromatic N) is 1. The van der Waals surface area contributed by atoms with Gasteiger partial charge in [-0.3, -0.25) is 4.79 Å². The molecule has 0 aliphatic carbocycles. The van der Waals surface area contributed by atoms with Crippen LogP contribution in [-0.2, 0) is 0 Å². The molecule has 90 valence electrons. The van der Waals surface area contributed by atoms with Gasteiger partial charge in [0.05, 0.1) is 11.3 Å². The molecule has 0 fully saturated rings. The van der Waals surface area contributed by atoms with Crippen LogP contribution in [-0.4, -0.2) is 16.0 Å². The lowest BCUT2D eigenvalue weighted by molar-refractivity contribution is 0.0998. The lowest BCUT2D eigenvalue weighted by Gasteiger charge is -2.02. The van der Waals surface area contributed by atoms with Crippen LogP contribution in [0.4, 0.5) is 5.13 Å². The lowest BCUT2D eigenvalue weighted by Crippen LogP contribution is -2.11. The average Bonchev–Trinajstić information content (AvgIpc) is 2.65. The molecule has 7 heteroatoms. The van der Waals surface area contributed by atoms with Gasteiger partial charge in [0.15, 0.2) is 5.13 Å². The second-order valence-electron chi connectivity index (χ2n) is 3.17. The maximum atomic E-state index is 11.0. The summed E-state index contributed by atoms with van der Waals surface area (Å²) >= 11 is 1.31. The van der Waals surface area contributed by atoms with Crippen molar-refractivity contribution in [1.82, 2.24) is 4.98 Å². The molecule has 1 amide bonds. The SMILES string of the molecule is Cl.NC(=O)c1cc(-c2csc(N)n2)ccc1O. The van der Waals surface area contributed by atoms with Gasteiger partial charge in [0.1, 0.15) is 5.75 Å². The van der Waals surface area contributed by atoms with E-state index in [9.17, 15) is 9.90 Å². The van der Waals surface area contributed by atoms with Gasteiger partial charge in [0.2, 0.25) is 0 Å². The number of nitrogen functional groups attached to an aromatic ring is 1. The Kier molecular flexibility index (Phi) is 3.93. The molecule has 0 bridgehead atoms. The van der Waals surface area contributed by atoms with Crippen LogP contribution in [0.15, 0.2) is 23.6 Å². The van der Waals surface area contributed by atoms with E-state index >= 15 is 0 Å². The number of anilines is 1. The van der Waals surface area contributed by atoms with Crippen molar-refractivity contribution in [2.45, 2.75) is 0 Å². The third-order valence-electron chi connectivity index (χ3n) is 2.08. The second kappa shape index (κ2) is 5.03. The number of amides is 1. The number of hydrogen-bond donors (Lipinski definition) is 3. The largest absolute Gasteiger partial charge is 0.507 e. The number of aromatic hydroxyl groups is 1. The molecule has 1 aromatic heterocycles. The van der Waals surface area contributed by atoms with Gasteiger partial charge in [0, 0.05) is 10.9 Å². The molecular formula is C10H10ClN3O2S. The number of halogens is 1. The van der Waals surface area contributed by atoms with Crippen molar-refractivity contribution in [3.63, 3.8) is 0 Å². The number of carbonyl (C=O) groups excluding carboxylic acids is 1. The Morgan fingerprint density at radius 2 is 2.12 bits per heavy atom. The van der Waals surface area contributed by atoms with Gasteiger partial charge in [-0.1, -0.05) is 0 Å². The monoisotopic (exact) mass is 271 g/mol. The van der Waals surface area contributed by atoms with Crippen LogP contribution >= 0.6 is 23.7 Å². The maximum absolute atomic E-state index is 11.0. The van der Waals surface area contributed by atoms with Crippen LogP contribution in [0, 0.1) is 0 Å². The highest BCUT2D eigenvalue weighted by Gasteiger charge is 2.10. The van der Waals surface area contributed by atoms with E-state index in [0.717, 1.165) is 0 Å². The van der Waals surface area contributed by atoms with E-state index < -0.39 is 5.91 Å². The minimum atomic E-state index is -0.678. The number of phenols is 1. The van der Waals surface area contributed by atoms with Crippen LogP contribution in [0.1, 0.15) is 10.4 Å². The first-order chi connectivity index (χ1) is 7.58. The standard InChI is InChI=1S/C10H9N3O2S.ClH/c11-9(15)6-3-5(1-2-8(6)14)7-4-16-10(12)13-7;/h1-4,14H,(H2,11,15)(H2,12,13);1H. The molecule has 1 heterocycles. The predicted molar refractivity (Wildman–Crippen MR) is 69.4 cm³/mol. The number of benzene rings is 1. The van der Waals surface area contributed by atoms with E-state index in [1.54, 1.807) is 11.4 Å². The molecule has 0 spiro atoms. The van der Waals surface area contributed by atoms with Crippen molar-refractivity contribution in [3.8, 4) is 17.0 Å². The molecule has 0 unspecified atom stereocenters. The Labute approximate surface area is 108 Å². The summed E-state index contributed by atoms with van der Waals surface area (Å²) in [4.78, 5) is 15.1. The van der Waals surface area contributed by atoms with Crippen molar-refractivity contribution in [2.24, 2.45) is 5.73 Å². The zero-order valence-electron chi connectivity index (χ0n) is 8.58. The van der Waals surface area contributed by atoms with Gasteiger partial charge in [-0.25, -0.2) is 4.98 Å². The van der Waals surface area contributed by atoms with Crippen LogP contribution in [0.5, 0.6) is 5.75 Å².